The molecule has 0 bridgehead atoms. The fourth-order valence-corrected chi connectivity index (χ4v) is 5.39. The molecule has 178 valence electrons. The summed E-state index contributed by atoms with van der Waals surface area (Å²) in [5.74, 6) is 0.855. The molecule has 1 fully saturated rings. The van der Waals surface area contributed by atoms with E-state index in [9.17, 15) is 18.0 Å². The summed E-state index contributed by atoms with van der Waals surface area (Å²) in [6, 6.07) is 6.05. The van der Waals surface area contributed by atoms with E-state index in [0.717, 1.165) is 30.3 Å². The largest absolute Gasteiger partial charge is 0.359 e. The van der Waals surface area contributed by atoms with Gasteiger partial charge in [-0.2, -0.15) is 0 Å². The number of hydrogen-bond acceptors (Lipinski definition) is 6. The molecule has 1 aliphatic rings. The smallest absolute Gasteiger partial charge is 0.331 e. The molecule has 0 aliphatic heterocycles. The van der Waals surface area contributed by atoms with Gasteiger partial charge >= 0.3 is 5.69 Å². The van der Waals surface area contributed by atoms with E-state index >= 15 is 0 Å². The first-order chi connectivity index (χ1) is 15.5. The number of rotatable bonds is 9. The number of fused-ring (bicyclic) bond motifs is 1. The summed E-state index contributed by atoms with van der Waals surface area (Å²) in [6.07, 6.45) is 3.23. The van der Waals surface area contributed by atoms with E-state index in [1.807, 2.05) is 6.92 Å². The van der Waals surface area contributed by atoms with Crippen molar-refractivity contribution < 1.29 is 12.9 Å². The number of benzene rings is 1. The Kier molecular flexibility index (Phi) is 6.09. The Hall–Kier alpha value is -2.72. The van der Waals surface area contributed by atoms with Crippen LogP contribution >= 0.6 is 0 Å². The van der Waals surface area contributed by atoms with Gasteiger partial charge in [0, 0.05) is 18.2 Å². The van der Waals surface area contributed by atoms with Crippen molar-refractivity contribution in [2.45, 2.75) is 76.9 Å². The first-order valence-electron chi connectivity index (χ1n) is 11.2. The minimum Gasteiger partial charge on any atom is -0.359 e. The number of nitrogens with one attached hydrogen (secondary N) is 1. The topological polar surface area (TPSA) is 116 Å². The molecule has 1 saturated carbocycles. The zero-order chi connectivity index (χ0) is 24.0. The normalized spacial score (nSPS) is 15.4. The van der Waals surface area contributed by atoms with Gasteiger partial charge in [0.15, 0.2) is 5.76 Å². The molecule has 3 aromatic rings. The fourth-order valence-electron chi connectivity index (χ4n) is 3.90. The highest BCUT2D eigenvalue weighted by Crippen LogP contribution is 2.36. The maximum Gasteiger partial charge on any atom is 0.331 e. The molecular weight excluding hydrogens is 444 g/mol. The highest BCUT2D eigenvalue weighted by atomic mass is 32.2. The third-order valence-electron chi connectivity index (χ3n) is 6.04. The molecule has 0 spiro atoms. The van der Waals surface area contributed by atoms with E-state index < -0.39 is 26.8 Å². The van der Waals surface area contributed by atoms with Crippen molar-refractivity contribution in [2.24, 2.45) is 5.92 Å². The summed E-state index contributed by atoms with van der Waals surface area (Å²) in [7, 11) is -3.80. The van der Waals surface area contributed by atoms with Crippen molar-refractivity contribution >= 4 is 20.9 Å². The van der Waals surface area contributed by atoms with Crippen molar-refractivity contribution in [1.29, 1.82) is 0 Å². The Balaban J connectivity index is 1.85. The first kappa shape index (κ1) is 23.4. The maximum absolute atomic E-state index is 13.3. The molecule has 33 heavy (non-hydrogen) atoms. The van der Waals surface area contributed by atoms with Gasteiger partial charge in [0.1, 0.15) is 0 Å². The summed E-state index contributed by atoms with van der Waals surface area (Å²) in [5.41, 5.74) is -0.379. The number of sulfonamides is 1. The third kappa shape index (κ3) is 4.96. The van der Waals surface area contributed by atoms with Gasteiger partial charge in [0.2, 0.25) is 10.0 Å². The Labute approximate surface area is 192 Å². The van der Waals surface area contributed by atoms with Crippen molar-refractivity contribution in [3.8, 4) is 0 Å². The third-order valence-corrected chi connectivity index (χ3v) is 7.68. The van der Waals surface area contributed by atoms with Gasteiger partial charge in [-0.1, -0.05) is 19.0 Å². The lowest BCUT2D eigenvalue weighted by Gasteiger charge is -2.16. The lowest BCUT2D eigenvalue weighted by Crippen LogP contribution is -2.40. The molecule has 0 unspecified atom stereocenters. The van der Waals surface area contributed by atoms with Crippen LogP contribution in [-0.2, 0) is 23.1 Å². The van der Waals surface area contributed by atoms with E-state index in [1.54, 1.807) is 23.6 Å². The molecule has 2 heterocycles. The van der Waals surface area contributed by atoms with Gasteiger partial charge in [-0.25, -0.2) is 17.9 Å². The SMILES string of the molecule is Cc1cc(Cn2c(=O)c3cc(S(=O)(=O)NC4(C)CC4)ccc3n(CCCC(C)C)c2=O)on1. The van der Waals surface area contributed by atoms with Crippen LogP contribution in [0.15, 0.2) is 43.3 Å². The summed E-state index contributed by atoms with van der Waals surface area (Å²) in [5, 5.41) is 4.01. The van der Waals surface area contributed by atoms with E-state index in [-0.39, 0.29) is 16.8 Å². The van der Waals surface area contributed by atoms with Gasteiger partial charge in [-0.15, -0.1) is 0 Å². The lowest BCUT2D eigenvalue weighted by molar-refractivity contribution is 0.368. The Bertz CT molecular complexity index is 1410. The fraction of sp³-hybridized carbons (Fsp3) is 0.522. The average Bonchev–Trinajstić information content (AvgIpc) is 3.31. The van der Waals surface area contributed by atoms with Gasteiger partial charge in [0.25, 0.3) is 5.56 Å². The molecular formula is C23H30N4O5S. The quantitative estimate of drug-likeness (QED) is 0.510. The van der Waals surface area contributed by atoms with Gasteiger partial charge in [0.05, 0.1) is 28.0 Å². The lowest BCUT2D eigenvalue weighted by atomic mass is 10.1. The van der Waals surface area contributed by atoms with E-state index in [1.165, 1.54) is 12.1 Å². The second kappa shape index (κ2) is 8.57. The van der Waals surface area contributed by atoms with Crippen LogP contribution in [0.3, 0.4) is 0 Å². The molecule has 1 aliphatic carbocycles. The number of aryl methyl sites for hydroxylation is 2. The first-order valence-corrected chi connectivity index (χ1v) is 12.7. The molecule has 10 heteroatoms. The van der Waals surface area contributed by atoms with Crippen LogP contribution < -0.4 is 16.0 Å². The van der Waals surface area contributed by atoms with Crippen LogP contribution in [0.4, 0.5) is 0 Å². The maximum atomic E-state index is 13.3. The van der Waals surface area contributed by atoms with Gasteiger partial charge in [-0.3, -0.25) is 13.9 Å². The summed E-state index contributed by atoms with van der Waals surface area (Å²) in [4.78, 5) is 26.7. The molecule has 4 rings (SSSR count). The van der Waals surface area contributed by atoms with E-state index in [4.69, 9.17) is 4.52 Å². The van der Waals surface area contributed by atoms with Crippen LogP contribution in [-0.4, -0.2) is 28.2 Å². The predicted molar refractivity (Wildman–Crippen MR) is 125 cm³/mol. The second-order valence-electron chi connectivity index (χ2n) is 9.64. The Morgan fingerprint density at radius 2 is 1.91 bits per heavy atom. The summed E-state index contributed by atoms with van der Waals surface area (Å²) < 4.78 is 36.4. The second-order valence-corrected chi connectivity index (χ2v) is 11.3. The molecule has 1 N–H and O–H groups in total. The zero-order valence-electron chi connectivity index (χ0n) is 19.4. The van der Waals surface area contributed by atoms with Crippen LogP contribution in [0.2, 0.25) is 0 Å². The molecule has 0 amide bonds. The predicted octanol–water partition coefficient (Wildman–Crippen LogP) is 2.77. The number of aromatic nitrogens is 3. The molecule has 9 nitrogen and oxygen atoms in total. The summed E-state index contributed by atoms with van der Waals surface area (Å²) in [6.45, 7) is 8.17. The number of nitrogens with zero attached hydrogens (tertiary/aromatic N) is 3. The standard InChI is InChI=1S/C23H30N4O5S/c1-15(2)6-5-11-26-20-8-7-18(33(30,31)25-23(4)9-10-23)13-19(20)21(28)27(22(26)29)14-17-12-16(3)24-32-17/h7-8,12-13,15,25H,5-6,9-11,14H2,1-4H3. The highest BCUT2D eigenvalue weighted by Gasteiger charge is 2.41. The Morgan fingerprint density at radius 3 is 2.52 bits per heavy atom. The zero-order valence-corrected chi connectivity index (χ0v) is 20.2. The van der Waals surface area contributed by atoms with Gasteiger partial charge < -0.3 is 4.52 Å². The van der Waals surface area contributed by atoms with Crippen LogP contribution in [0.25, 0.3) is 10.9 Å². The average molecular weight is 475 g/mol. The minimum atomic E-state index is -3.80. The van der Waals surface area contributed by atoms with Crippen LogP contribution in [0.5, 0.6) is 0 Å². The van der Waals surface area contributed by atoms with Gasteiger partial charge in [-0.05, 0) is 63.6 Å². The van der Waals surface area contributed by atoms with E-state index in [2.05, 4.69) is 23.7 Å². The van der Waals surface area contributed by atoms with Crippen molar-refractivity contribution in [3.63, 3.8) is 0 Å². The summed E-state index contributed by atoms with van der Waals surface area (Å²) >= 11 is 0. The molecule has 0 radical (unpaired) electrons. The molecule has 1 aromatic carbocycles. The molecule has 0 saturated heterocycles. The monoisotopic (exact) mass is 474 g/mol. The number of hydrogen-bond donors (Lipinski definition) is 1. The Morgan fingerprint density at radius 1 is 1.18 bits per heavy atom. The van der Waals surface area contributed by atoms with E-state index in [0.29, 0.717) is 29.4 Å². The van der Waals surface area contributed by atoms with Crippen LogP contribution in [0.1, 0.15) is 57.9 Å². The highest BCUT2D eigenvalue weighted by molar-refractivity contribution is 7.89. The minimum absolute atomic E-state index is 0.00895. The molecule has 0 atom stereocenters. The van der Waals surface area contributed by atoms with Crippen molar-refractivity contribution in [1.82, 2.24) is 19.0 Å². The molecule has 2 aromatic heterocycles. The van der Waals surface area contributed by atoms with Crippen molar-refractivity contribution in [2.75, 3.05) is 0 Å². The van der Waals surface area contributed by atoms with Crippen molar-refractivity contribution in [3.05, 3.63) is 56.6 Å². The van der Waals surface area contributed by atoms with Crippen LogP contribution in [0, 0.1) is 12.8 Å².